The summed E-state index contributed by atoms with van der Waals surface area (Å²) in [7, 11) is 0. The summed E-state index contributed by atoms with van der Waals surface area (Å²) in [6.07, 6.45) is 1.41. The quantitative estimate of drug-likeness (QED) is 0.720. The molecule has 0 aliphatic heterocycles. The summed E-state index contributed by atoms with van der Waals surface area (Å²) in [5, 5.41) is 8.77. The molecule has 0 saturated carbocycles. The molecule has 70 valence electrons. The molecule has 1 aromatic rings. The predicted octanol–water partition coefficient (Wildman–Crippen LogP) is 0.761. The Kier molecular flexibility index (Phi) is 2.69. The van der Waals surface area contributed by atoms with Crippen molar-refractivity contribution in [2.75, 3.05) is 12.3 Å². The van der Waals surface area contributed by atoms with Gasteiger partial charge in [-0.05, 0) is 13.0 Å². The summed E-state index contributed by atoms with van der Waals surface area (Å²) in [5.41, 5.74) is 5.30. The summed E-state index contributed by atoms with van der Waals surface area (Å²) in [4.78, 5) is 14.4. The predicted molar refractivity (Wildman–Crippen MR) is 46.8 cm³/mol. The van der Waals surface area contributed by atoms with Gasteiger partial charge in [0.1, 0.15) is 17.1 Å². The second kappa shape index (κ2) is 3.75. The Hall–Kier alpha value is -1.78. The molecule has 1 aromatic heterocycles. The molecule has 3 N–H and O–H groups in total. The summed E-state index contributed by atoms with van der Waals surface area (Å²) in [6.45, 7) is 2.16. The molecule has 1 heterocycles. The molecule has 1 rings (SSSR count). The summed E-state index contributed by atoms with van der Waals surface area (Å²) in [5.74, 6) is -0.907. The van der Waals surface area contributed by atoms with Gasteiger partial charge in [-0.1, -0.05) is 0 Å². The van der Waals surface area contributed by atoms with Crippen LogP contribution in [0.5, 0.6) is 5.75 Å². The Balaban J connectivity index is 3.17. The monoisotopic (exact) mass is 182 g/mol. The number of aromatic carboxylic acids is 1. The standard InChI is InChI=1S/C8H10N2O3/c1-2-13-5-3-4-10-7(9)6(5)8(11)12/h3-4H,2H2,1H3,(H2,9,10)(H,11,12). The molecule has 0 saturated heterocycles. The van der Waals surface area contributed by atoms with Gasteiger partial charge < -0.3 is 15.6 Å². The number of nitrogens with zero attached hydrogens (tertiary/aromatic N) is 1. The van der Waals surface area contributed by atoms with E-state index in [0.29, 0.717) is 6.61 Å². The van der Waals surface area contributed by atoms with E-state index in [1.54, 1.807) is 6.92 Å². The molecule has 0 aromatic carbocycles. The number of hydrogen-bond acceptors (Lipinski definition) is 4. The van der Waals surface area contributed by atoms with Crippen molar-refractivity contribution in [1.29, 1.82) is 0 Å². The van der Waals surface area contributed by atoms with Crippen LogP contribution in [0.25, 0.3) is 0 Å². The topological polar surface area (TPSA) is 85.4 Å². The van der Waals surface area contributed by atoms with E-state index >= 15 is 0 Å². The average Bonchev–Trinajstić information content (AvgIpc) is 2.04. The number of pyridine rings is 1. The van der Waals surface area contributed by atoms with Gasteiger partial charge in [0.25, 0.3) is 0 Å². The van der Waals surface area contributed by atoms with Crippen molar-refractivity contribution in [3.05, 3.63) is 17.8 Å². The van der Waals surface area contributed by atoms with Gasteiger partial charge in [0, 0.05) is 6.20 Å². The van der Waals surface area contributed by atoms with E-state index in [2.05, 4.69) is 4.98 Å². The molecule has 0 bridgehead atoms. The van der Waals surface area contributed by atoms with E-state index < -0.39 is 5.97 Å². The van der Waals surface area contributed by atoms with Crippen LogP contribution in [0.2, 0.25) is 0 Å². The molecule has 0 spiro atoms. The van der Waals surface area contributed by atoms with Crippen LogP contribution in [0.1, 0.15) is 17.3 Å². The molecule has 13 heavy (non-hydrogen) atoms. The molecule has 0 aliphatic carbocycles. The molecule has 5 heteroatoms. The third kappa shape index (κ3) is 1.87. The maximum absolute atomic E-state index is 10.7. The minimum Gasteiger partial charge on any atom is -0.493 e. The fraction of sp³-hybridized carbons (Fsp3) is 0.250. The van der Waals surface area contributed by atoms with Crippen LogP contribution in [-0.4, -0.2) is 22.7 Å². The lowest BCUT2D eigenvalue weighted by Crippen LogP contribution is -2.08. The van der Waals surface area contributed by atoms with Crippen molar-refractivity contribution in [2.45, 2.75) is 6.92 Å². The number of carboxylic acids is 1. The van der Waals surface area contributed by atoms with Crippen LogP contribution in [0.15, 0.2) is 12.3 Å². The number of hydrogen-bond donors (Lipinski definition) is 2. The second-order valence-electron chi connectivity index (χ2n) is 2.31. The highest BCUT2D eigenvalue weighted by Crippen LogP contribution is 2.21. The van der Waals surface area contributed by atoms with Crippen molar-refractivity contribution >= 4 is 11.8 Å². The smallest absolute Gasteiger partial charge is 0.343 e. The fourth-order valence-corrected chi connectivity index (χ4v) is 0.950. The van der Waals surface area contributed by atoms with Crippen molar-refractivity contribution in [3.8, 4) is 5.75 Å². The summed E-state index contributed by atoms with van der Waals surface area (Å²) in [6, 6.07) is 1.48. The Morgan fingerprint density at radius 2 is 2.46 bits per heavy atom. The summed E-state index contributed by atoms with van der Waals surface area (Å²) < 4.78 is 5.08. The number of carboxylic acid groups (broad SMARTS) is 1. The van der Waals surface area contributed by atoms with Gasteiger partial charge in [-0.25, -0.2) is 9.78 Å². The fourth-order valence-electron chi connectivity index (χ4n) is 0.950. The van der Waals surface area contributed by atoms with Crippen LogP contribution in [0, 0.1) is 0 Å². The van der Waals surface area contributed by atoms with Crippen LogP contribution in [-0.2, 0) is 0 Å². The van der Waals surface area contributed by atoms with Crippen LogP contribution < -0.4 is 10.5 Å². The minimum absolute atomic E-state index is 0.0292. The van der Waals surface area contributed by atoms with Crippen molar-refractivity contribution in [2.24, 2.45) is 0 Å². The number of ether oxygens (including phenoxy) is 1. The maximum atomic E-state index is 10.7. The molecule has 0 atom stereocenters. The number of carbonyl (C=O) groups is 1. The average molecular weight is 182 g/mol. The molecule has 5 nitrogen and oxygen atoms in total. The molecule has 0 aliphatic rings. The molecule has 0 radical (unpaired) electrons. The second-order valence-corrected chi connectivity index (χ2v) is 2.31. The Morgan fingerprint density at radius 1 is 1.77 bits per heavy atom. The van der Waals surface area contributed by atoms with Gasteiger partial charge in [0.2, 0.25) is 0 Å². The number of nitrogens with two attached hydrogens (primary N) is 1. The van der Waals surface area contributed by atoms with E-state index in [9.17, 15) is 4.79 Å². The lowest BCUT2D eigenvalue weighted by molar-refractivity contribution is 0.0693. The molecule has 0 unspecified atom stereocenters. The third-order valence-electron chi connectivity index (χ3n) is 1.46. The highest BCUT2D eigenvalue weighted by atomic mass is 16.5. The molecular weight excluding hydrogens is 172 g/mol. The first-order valence-electron chi connectivity index (χ1n) is 3.77. The van der Waals surface area contributed by atoms with Crippen LogP contribution >= 0.6 is 0 Å². The van der Waals surface area contributed by atoms with Gasteiger partial charge in [-0.3, -0.25) is 0 Å². The first kappa shape index (κ1) is 9.31. The Morgan fingerprint density at radius 3 is 3.00 bits per heavy atom. The zero-order valence-electron chi connectivity index (χ0n) is 7.15. The zero-order valence-corrected chi connectivity index (χ0v) is 7.15. The van der Waals surface area contributed by atoms with E-state index in [1.807, 2.05) is 0 Å². The van der Waals surface area contributed by atoms with Gasteiger partial charge in [0.15, 0.2) is 0 Å². The first-order valence-corrected chi connectivity index (χ1v) is 3.77. The normalized spacial score (nSPS) is 9.62. The largest absolute Gasteiger partial charge is 0.493 e. The van der Waals surface area contributed by atoms with E-state index in [1.165, 1.54) is 12.3 Å². The molecular formula is C8H10N2O3. The van der Waals surface area contributed by atoms with Crippen LogP contribution in [0.4, 0.5) is 5.82 Å². The van der Waals surface area contributed by atoms with E-state index in [0.717, 1.165) is 0 Å². The number of rotatable bonds is 3. The summed E-state index contributed by atoms with van der Waals surface area (Å²) >= 11 is 0. The minimum atomic E-state index is -1.13. The number of nitrogen functional groups attached to an aromatic ring is 1. The van der Waals surface area contributed by atoms with Gasteiger partial charge in [-0.15, -0.1) is 0 Å². The zero-order chi connectivity index (χ0) is 9.84. The highest BCUT2D eigenvalue weighted by molar-refractivity contribution is 5.95. The van der Waals surface area contributed by atoms with Gasteiger partial charge in [-0.2, -0.15) is 0 Å². The lowest BCUT2D eigenvalue weighted by atomic mass is 10.2. The van der Waals surface area contributed by atoms with Crippen molar-refractivity contribution < 1.29 is 14.6 Å². The van der Waals surface area contributed by atoms with Gasteiger partial charge >= 0.3 is 5.97 Å². The van der Waals surface area contributed by atoms with Crippen molar-refractivity contribution in [3.63, 3.8) is 0 Å². The first-order chi connectivity index (χ1) is 6.16. The highest BCUT2D eigenvalue weighted by Gasteiger charge is 2.15. The van der Waals surface area contributed by atoms with Crippen molar-refractivity contribution in [1.82, 2.24) is 4.98 Å². The molecule has 0 fully saturated rings. The molecule has 0 amide bonds. The number of aromatic nitrogens is 1. The number of anilines is 1. The van der Waals surface area contributed by atoms with Crippen LogP contribution in [0.3, 0.4) is 0 Å². The Labute approximate surface area is 75.2 Å². The van der Waals surface area contributed by atoms with E-state index in [4.69, 9.17) is 15.6 Å². The maximum Gasteiger partial charge on any atom is 0.343 e. The lowest BCUT2D eigenvalue weighted by Gasteiger charge is -2.07. The van der Waals surface area contributed by atoms with Gasteiger partial charge in [0.05, 0.1) is 6.61 Å². The third-order valence-corrected chi connectivity index (χ3v) is 1.46. The Bertz CT molecular complexity index is 325. The SMILES string of the molecule is CCOc1ccnc(N)c1C(=O)O. The van der Waals surface area contributed by atoms with E-state index in [-0.39, 0.29) is 17.1 Å².